The van der Waals surface area contributed by atoms with Crippen LogP contribution in [0.3, 0.4) is 0 Å². The van der Waals surface area contributed by atoms with Crippen LogP contribution in [0.25, 0.3) is 21.6 Å². The van der Waals surface area contributed by atoms with Crippen molar-refractivity contribution in [1.29, 1.82) is 5.26 Å². The summed E-state index contributed by atoms with van der Waals surface area (Å²) in [5.41, 5.74) is 5.94. The predicted octanol–water partition coefficient (Wildman–Crippen LogP) is 8.69. The van der Waals surface area contributed by atoms with E-state index in [4.69, 9.17) is 25.8 Å². The number of halogens is 1. The van der Waals surface area contributed by atoms with E-state index in [-0.39, 0.29) is 62.8 Å². The molecule has 0 radical (unpaired) electrons. The molecule has 5 aromatic rings. The number of ether oxygens (including phenoxy) is 3. The van der Waals surface area contributed by atoms with Gasteiger partial charge in [-0.15, -0.1) is 11.3 Å². The van der Waals surface area contributed by atoms with Crippen LogP contribution in [0.15, 0.2) is 96.5 Å². The molecule has 1 aliphatic heterocycles. The van der Waals surface area contributed by atoms with Crippen LogP contribution in [0.5, 0.6) is 11.5 Å². The molecule has 4 amide bonds. The first-order valence-corrected chi connectivity index (χ1v) is 25.0. The Morgan fingerprint density at radius 3 is 2.11 bits per heavy atom. The summed E-state index contributed by atoms with van der Waals surface area (Å²) >= 11 is 7.82. The molecular formula is C55H63ClN6O8S. The van der Waals surface area contributed by atoms with Crippen LogP contribution in [-0.2, 0) is 19.1 Å². The lowest BCUT2D eigenvalue weighted by Gasteiger charge is -2.63. The number of nitrogens with zero attached hydrogens (tertiary/aromatic N) is 3. The Balaban J connectivity index is 0.847. The largest absolute Gasteiger partial charge is 0.491 e. The summed E-state index contributed by atoms with van der Waals surface area (Å²) in [7, 11) is 0. The van der Waals surface area contributed by atoms with Crippen LogP contribution in [-0.4, -0.2) is 95.3 Å². The Hall–Kier alpha value is -6.31. The molecule has 14 nitrogen and oxygen atoms in total. The maximum absolute atomic E-state index is 14.1. The van der Waals surface area contributed by atoms with E-state index < -0.39 is 46.2 Å². The summed E-state index contributed by atoms with van der Waals surface area (Å²) < 4.78 is 17.9. The number of thiazole rings is 1. The summed E-state index contributed by atoms with van der Waals surface area (Å²) in [6.07, 6.45) is -1.03. The van der Waals surface area contributed by atoms with Gasteiger partial charge in [0.15, 0.2) is 0 Å². The van der Waals surface area contributed by atoms with Crippen LogP contribution in [0.4, 0.5) is 0 Å². The molecular weight excluding hydrogens is 940 g/mol. The maximum atomic E-state index is 14.1. The molecule has 2 aliphatic rings. The van der Waals surface area contributed by atoms with E-state index in [2.05, 4.69) is 54.7 Å². The average Bonchev–Trinajstić information content (AvgIpc) is 3.96. The minimum absolute atomic E-state index is 0.0341. The molecule has 1 saturated heterocycles. The minimum atomic E-state index is -0.993. The molecule has 374 valence electrons. The topological polar surface area (TPSA) is 192 Å². The summed E-state index contributed by atoms with van der Waals surface area (Å²) in [5, 5.41) is 29.3. The van der Waals surface area contributed by atoms with Crippen LogP contribution >= 0.6 is 22.9 Å². The smallest absolute Gasteiger partial charge is 0.251 e. The van der Waals surface area contributed by atoms with Gasteiger partial charge >= 0.3 is 0 Å². The molecule has 0 bridgehead atoms. The van der Waals surface area contributed by atoms with Gasteiger partial charge in [0.1, 0.15) is 49.0 Å². The second kappa shape index (κ2) is 21.6. The number of β-amino-alcohol motifs (C(OH)–C–C–N with tert-alkyl or cyclic N) is 1. The lowest BCUT2D eigenvalue weighted by molar-refractivity contribution is -0.164. The van der Waals surface area contributed by atoms with Crippen molar-refractivity contribution in [3.05, 3.63) is 124 Å². The molecule has 4 atom stereocenters. The van der Waals surface area contributed by atoms with Gasteiger partial charge in [-0.05, 0) is 77.9 Å². The Morgan fingerprint density at radius 1 is 0.901 bits per heavy atom. The van der Waals surface area contributed by atoms with Crippen molar-refractivity contribution in [3.8, 4) is 39.1 Å². The number of aryl methyl sites for hydroxylation is 1. The molecule has 4 aromatic carbocycles. The second-order valence-electron chi connectivity index (χ2n) is 20.7. The number of rotatable bonds is 17. The molecule has 4 N–H and O–H groups in total. The predicted molar refractivity (Wildman–Crippen MR) is 274 cm³/mol. The zero-order chi connectivity index (χ0) is 51.4. The first-order valence-electron chi connectivity index (χ1n) is 23.8. The van der Waals surface area contributed by atoms with Crippen molar-refractivity contribution in [2.45, 2.75) is 105 Å². The summed E-state index contributed by atoms with van der Waals surface area (Å²) in [5.74, 6) is -0.350. The van der Waals surface area contributed by atoms with Gasteiger partial charge in [0.2, 0.25) is 17.7 Å². The second-order valence-corrected chi connectivity index (χ2v) is 21.9. The fourth-order valence-corrected chi connectivity index (χ4v) is 11.0. The number of nitriles is 1. The van der Waals surface area contributed by atoms with Crippen LogP contribution < -0.4 is 25.4 Å². The number of amides is 4. The van der Waals surface area contributed by atoms with Crippen LogP contribution in [0.2, 0.25) is 5.02 Å². The van der Waals surface area contributed by atoms with E-state index in [1.54, 1.807) is 41.7 Å². The maximum Gasteiger partial charge on any atom is 0.251 e. The van der Waals surface area contributed by atoms with Gasteiger partial charge in [0.25, 0.3) is 5.91 Å². The molecule has 1 aliphatic carbocycles. The van der Waals surface area contributed by atoms with Crippen molar-refractivity contribution < 1.29 is 38.5 Å². The molecule has 1 saturated carbocycles. The lowest BCUT2D eigenvalue weighted by Crippen LogP contribution is -2.74. The highest BCUT2D eigenvalue weighted by atomic mass is 35.5. The van der Waals surface area contributed by atoms with Gasteiger partial charge in [-0.25, -0.2) is 4.98 Å². The first-order chi connectivity index (χ1) is 33.6. The SMILES string of the molecule is Cc1ncsc1-c1ccc([C@H](C)NC(=O)[C@@H]2C[C@@H](O)CN2C(=O)[C@@H](NC(=O)COCCOc2ccc(-c3ccc(C(=O)NC4C(C)(C)C(Oc5ccc(C#N)c(Cl)c5)C4(C)C)cc3)cc2)C(C)(C)C)cc1. The number of aliphatic hydroxyl groups excluding tert-OH is 1. The number of hydrogen-bond donors (Lipinski definition) is 4. The van der Waals surface area contributed by atoms with Gasteiger partial charge < -0.3 is 40.2 Å². The van der Waals surface area contributed by atoms with E-state index >= 15 is 0 Å². The number of aromatic nitrogens is 1. The monoisotopic (exact) mass is 1000 g/mol. The summed E-state index contributed by atoms with van der Waals surface area (Å²) in [6, 6.07) is 27.4. The normalized spacial score (nSPS) is 19.9. The van der Waals surface area contributed by atoms with Crippen molar-refractivity contribution >= 4 is 46.6 Å². The van der Waals surface area contributed by atoms with Crippen molar-refractivity contribution in [3.63, 3.8) is 0 Å². The highest BCUT2D eigenvalue weighted by Gasteiger charge is 2.64. The minimum Gasteiger partial charge on any atom is -0.491 e. The van der Waals surface area contributed by atoms with Crippen molar-refractivity contribution in [1.82, 2.24) is 25.8 Å². The third-order valence-corrected chi connectivity index (χ3v) is 14.8. The fraction of sp³-hybridized carbons (Fsp3) is 0.418. The number of aliphatic hydroxyl groups is 1. The van der Waals surface area contributed by atoms with Crippen LogP contribution in [0.1, 0.15) is 95.0 Å². The van der Waals surface area contributed by atoms with Gasteiger partial charge in [0.05, 0.1) is 45.4 Å². The number of benzene rings is 4. The zero-order valence-electron chi connectivity index (χ0n) is 41.7. The molecule has 7 rings (SSSR count). The summed E-state index contributed by atoms with van der Waals surface area (Å²) in [4.78, 5) is 61.2. The van der Waals surface area contributed by atoms with Crippen LogP contribution in [0, 0.1) is 34.5 Å². The molecule has 0 spiro atoms. The number of carbonyl (C=O) groups excluding carboxylic acids is 4. The third kappa shape index (κ3) is 11.9. The van der Waals surface area contributed by atoms with Gasteiger partial charge in [0, 0.05) is 41.5 Å². The number of hydrogen-bond acceptors (Lipinski definition) is 11. The highest BCUT2D eigenvalue weighted by Crippen LogP contribution is 2.55. The third-order valence-electron chi connectivity index (χ3n) is 13.6. The Bertz CT molecular complexity index is 2750. The van der Waals surface area contributed by atoms with E-state index in [0.717, 1.165) is 32.8 Å². The Kier molecular flexibility index (Phi) is 16.0. The zero-order valence-corrected chi connectivity index (χ0v) is 43.2. The van der Waals surface area contributed by atoms with E-state index in [9.17, 15) is 29.5 Å². The van der Waals surface area contributed by atoms with E-state index in [1.807, 2.05) is 101 Å². The van der Waals surface area contributed by atoms with Gasteiger partial charge in [-0.2, -0.15) is 5.26 Å². The van der Waals surface area contributed by atoms with Gasteiger partial charge in [-0.3, -0.25) is 19.2 Å². The average molecular weight is 1000 g/mol. The molecule has 2 fully saturated rings. The first kappa shape index (κ1) is 52.5. The van der Waals surface area contributed by atoms with Gasteiger partial charge in [-0.1, -0.05) is 109 Å². The van der Waals surface area contributed by atoms with Crippen molar-refractivity contribution in [2.24, 2.45) is 16.2 Å². The van der Waals surface area contributed by atoms with E-state index in [1.165, 1.54) is 4.90 Å². The summed E-state index contributed by atoms with van der Waals surface area (Å²) in [6.45, 7) is 17.5. The Morgan fingerprint density at radius 2 is 1.52 bits per heavy atom. The number of likely N-dealkylation sites (tertiary alicyclic amines) is 1. The molecule has 0 unspecified atom stereocenters. The van der Waals surface area contributed by atoms with E-state index in [0.29, 0.717) is 27.6 Å². The fourth-order valence-electron chi connectivity index (χ4n) is 9.97. The number of nitrogens with one attached hydrogen (secondary N) is 3. The molecule has 1 aromatic heterocycles. The molecule has 16 heteroatoms. The quantitative estimate of drug-likeness (QED) is 0.0656. The highest BCUT2D eigenvalue weighted by molar-refractivity contribution is 7.13. The molecule has 71 heavy (non-hydrogen) atoms. The standard InChI is InChI=1S/C55H63ClN6O8S/c1-32(34-10-14-37(15-11-34)46-33(2)58-31-71-46)59-49(66)44-26-40(63)29-62(44)50(67)47(53(3,4)5)60-45(64)30-68-24-25-69-41-21-18-36(19-22-41)35-12-16-38(17-13-35)48(65)61-51-54(6,7)52(55(51,8)9)70-42-23-20-39(28-57)43(56)27-42/h10-23,27,31-32,40,44,47,51-52,63H,24-26,29-30H2,1-9H3,(H,59,66)(H,60,64)(H,61,65)/t32-,40+,44-,47+,51?,52?/m0/s1. The lowest BCUT2D eigenvalue weighted by atomic mass is 9.49. The number of carbonyl (C=O) groups is 4. The van der Waals surface area contributed by atoms with Crippen molar-refractivity contribution in [2.75, 3.05) is 26.4 Å². The Labute approximate surface area is 425 Å². The molecule has 2 heterocycles.